The van der Waals surface area contributed by atoms with E-state index in [0.717, 1.165) is 49.7 Å². The van der Waals surface area contributed by atoms with E-state index < -0.39 is 0 Å². The highest BCUT2D eigenvalue weighted by Crippen LogP contribution is 2.20. The van der Waals surface area contributed by atoms with Crippen LogP contribution in [-0.4, -0.2) is 48.6 Å². The number of benzene rings is 1. The molecule has 2 aromatic rings. The maximum Gasteiger partial charge on any atom is 0.308 e. The fourth-order valence-electron chi connectivity index (χ4n) is 3.17. The Morgan fingerprint density at radius 1 is 1.32 bits per heavy atom. The number of hydrogen-bond acceptors (Lipinski definition) is 5. The van der Waals surface area contributed by atoms with Crippen molar-refractivity contribution in [2.45, 2.75) is 26.3 Å². The van der Waals surface area contributed by atoms with Crippen LogP contribution in [0.5, 0.6) is 0 Å². The largest absolute Gasteiger partial charge is 0.469 e. The lowest BCUT2D eigenvalue weighted by Gasteiger charge is -2.33. The van der Waals surface area contributed by atoms with Crippen molar-refractivity contribution in [3.8, 4) is 11.5 Å². The number of carbonyl (C=O) groups excluding carboxylic acids is 1. The van der Waals surface area contributed by atoms with Crippen molar-refractivity contribution in [3.05, 3.63) is 42.3 Å². The van der Waals surface area contributed by atoms with Crippen LogP contribution in [0.1, 0.15) is 25.5 Å². The number of rotatable bonds is 5. The number of esters is 1. The summed E-state index contributed by atoms with van der Waals surface area (Å²) in [6.07, 6.45) is 3.21. The molecule has 1 N–H and O–H groups in total. The van der Waals surface area contributed by atoms with Crippen molar-refractivity contribution in [1.82, 2.24) is 15.2 Å². The number of aromatic nitrogens is 1. The standard InChI is InChI=1S/C20H26N4O3.HI/c1-3-21-20(24-11-9-16(10-12-24)19(25)26-2)22-13-17-14-27-18(23-17)15-7-5-4-6-8-15;/h4-8,14,16H,3,9-13H2,1-2H3,(H,21,22);1H. The van der Waals surface area contributed by atoms with Gasteiger partial charge in [-0.3, -0.25) is 4.79 Å². The van der Waals surface area contributed by atoms with Gasteiger partial charge in [-0.2, -0.15) is 0 Å². The first kappa shape index (κ1) is 22.2. The minimum Gasteiger partial charge on any atom is -0.469 e. The molecule has 3 rings (SSSR count). The molecule has 1 aliphatic rings. The van der Waals surface area contributed by atoms with Crippen molar-refractivity contribution in [2.75, 3.05) is 26.7 Å². The molecule has 1 fully saturated rings. The molecule has 1 aromatic carbocycles. The number of hydrogen-bond donors (Lipinski definition) is 1. The fraction of sp³-hybridized carbons (Fsp3) is 0.450. The van der Waals surface area contributed by atoms with Crippen molar-refractivity contribution in [2.24, 2.45) is 10.9 Å². The van der Waals surface area contributed by atoms with Crippen molar-refractivity contribution < 1.29 is 13.9 Å². The number of ether oxygens (including phenoxy) is 1. The zero-order valence-electron chi connectivity index (χ0n) is 16.3. The number of guanidine groups is 1. The minimum atomic E-state index is -0.118. The second kappa shape index (κ2) is 11.0. The highest BCUT2D eigenvalue weighted by molar-refractivity contribution is 14.0. The Bertz CT molecular complexity index is 771. The predicted molar refractivity (Wildman–Crippen MR) is 118 cm³/mol. The Labute approximate surface area is 182 Å². The molecule has 0 spiro atoms. The molecule has 0 saturated carbocycles. The van der Waals surface area contributed by atoms with Crippen LogP contribution in [0.4, 0.5) is 0 Å². The number of nitrogens with zero attached hydrogens (tertiary/aromatic N) is 3. The highest BCUT2D eigenvalue weighted by atomic mass is 127. The normalized spacial score (nSPS) is 15.1. The number of halogens is 1. The van der Waals surface area contributed by atoms with Gasteiger partial charge in [-0.25, -0.2) is 9.98 Å². The van der Waals surface area contributed by atoms with Crippen LogP contribution in [0.3, 0.4) is 0 Å². The average Bonchev–Trinajstić information content (AvgIpc) is 3.20. The molecule has 7 nitrogen and oxygen atoms in total. The molecule has 1 aliphatic heterocycles. The molecule has 0 bridgehead atoms. The van der Waals surface area contributed by atoms with E-state index in [1.807, 2.05) is 37.3 Å². The summed E-state index contributed by atoms with van der Waals surface area (Å²) < 4.78 is 10.4. The van der Waals surface area contributed by atoms with Crippen molar-refractivity contribution in [3.63, 3.8) is 0 Å². The van der Waals surface area contributed by atoms with E-state index in [1.165, 1.54) is 7.11 Å². The maximum absolute atomic E-state index is 11.7. The van der Waals surface area contributed by atoms with Gasteiger partial charge in [0.05, 0.1) is 19.6 Å². The van der Waals surface area contributed by atoms with Crippen LogP contribution in [0.15, 0.2) is 46.0 Å². The number of methoxy groups -OCH3 is 1. The van der Waals surface area contributed by atoms with E-state index in [9.17, 15) is 4.79 Å². The van der Waals surface area contributed by atoms with E-state index in [2.05, 4.69) is 15.2 Å². The number of aliphatic imine (C=N–C) groups is 1. The lowest BCUT2D eigenvalue weighted by atomic mass is 9.97. The zero-order chi connectivity index (χ0) is 19.1. The predicted octanol–water partition coefficient (Wildman–Crippen LogP) is 3.31. The molecule has 0 aliphatic carbocycles. The number of nitrogens with one attached hydrogen (secondary N) is 1. The van der Waals surface area contributed by atoms with Crippen LogP contribution < -0.4 is 5.32 Å². The average molecular weight is 498 g/mol. The van der Waals surface area contributed by atoms with E-state index in [0.29, 0.717) is 12.4 Å². The minimum absolute atomic E-state index is 0. The molecule has 28 heavy (non-hydrogen) atoms. The third-order valence-corrected chi connectivity index (χ3v) is 4.63. The first-order chi connectivity index (χ1) is 13.2. The summed E-state index contributed by atoms with van der Waals surface area (Å²) in [6, 6.07) is 9.81. The second-order valence-corrected chi connectivity index (χ2v) is 6.46. The molecular weight excluding hydrogens is 471 g/mol. The number of likely N-dealkylation sites (tertiary alicyclic amines) is 1. The topological polar surface area (TPSA) is 80.0 Å². The molecule has 0 atom stereocenters. The lowest BCUT2D eigenvalue weighted by Crippen LogP contribution is -2.46. The van der Waals surface area contributed by atoms with Gasteiger partial charge in [0.2, 0.25) is 5.89 Å². The quantitative estimate of drug-likeness (QED) is 0.295. The summed E-state index contributed by atoms with van der Waals surface area (Å²) in [4.78, 5) is 23.1. The molecule has 1 aromatic heterocycles. The van der Waals surface area contributed by atoms with Gasteiger partial charge >= 0.3 is 5.97 Å². The molecule has 2 heterocycles. The van der Waals surface area contributed by atoms with Gasteiger partial charge in [0.25, 0.3) is 0 Å². The van der Waals surface area contributed by atoms with E-state index in [4.69, 9.17) is 14.1 Å². The first-order valence-electron chi connectivity index (χ1n) is 9.32. The monoisotopic (exact) mass is 498 g/mol. The Balaban J connectivity index is 0.00000280. The van der Waals surface area contributed by atoms with Gasteiger partial charge < -0.3 is 19.4 Å². The Morgan fingerprint density at radius 3 is 2.68 bits per heavy atom. The van der Waals surface area contributed by atoms with Crippen LogP contribution >= 0.6 is 24.0 Å². The SMILES string of the molecule is CCNC(=NCc1coc(-c2ccccc2)n1)N1CCC(C(=O)OC)CC1.I. The van der Waals surface area contributed by atoms with Crippen LogP contribution in [-0.2, 0) is 16.1 Å². The number of carbonyl (C=O) groups is 1. The zero-order valence-corrected chi connectivity index (χ0v) is 18.6. The fourth-order valence-corrected chi connectivity index (χ4v) is 3.17. The van der Waals surface area contributed by atoms with Crippen LogP contribution in [0, 0.1) is 5.92 Å². The number of oxazole rings is 1. The van der Waals surface area contributed by atoms with E-state index in [-0.39, 0.29) is 35.9 Å². The Kier molecular flexibility index (Phi) is 8.75. The van der Waals surface area contributed by atoms with Crippen LogP contribution in [0.2, 0.25) is 0 Å². The van der Waals surface area contributed by atoms with Gasteiger partial charge in [-0.1, -0.05) is 18.2 Å². The molecular formula is C20H27IN4O3. The van der Waals surface area contributed by atoms with Crippen molar-refractivity contribution >= 4 is 35.9 Å². The third kappa shape index (κ3) is 5.70. The van der Waals surface area contributed by atoms with Crippen molar-refractivity contribution in [1.29, 1.82) is 0 Å². The third-order valence-electron chi connectivity index (χ3n) is 4.63. The summed E-state index contributed by atoms with van der Waals surface area (Å²) in [5, 5.41) is 3.32. The van der Waals surface area contributed by atoms with Gasteiger partial charge in [0.1, 0.15) is 12.0 Å². The first-order valence-corrected chi connectivity index (χ1v) is 9.32. The molecule has 0 unspecified atom stereocenters. The smallest absolute Gasteiger partial charge is 0.308 e. The van der Waals surface area contributed by atoms with E-state index >= 15 is 0 Å². The molecule has 0 radical (unpaired) electrons. The molecule has 152 valence electrons. The summed E-state index contributed by atoms with van der Waals surface area (Å²) in [5.74, 6) is 1.31. The molecule has 1 saturated heterocycles. The summed E-state index contributed by atoms with van der Waals surface area (Å²) in [6.45, 7) is 4.82. The van der Waals surface area contributed by atoms with Crippen LogP contribution in [0.25, 0.3) is 11.5 Å². The second-order valence-electron chi connectivity index (χ2n) is 6.46. The lowest BCUT2D eigenvalue weighted by molar-refractivity contribution is -0.146. The van der Waals surface area contributed by atoms with Gasteiger partial charge in [-0.15, -0.1) is 24.0 Å². The Hall–Kier alpha value is -2.10. The van der Waals surface area contributed by atoms with Gasteiger partial charge in [0.15, 0.2) is 5.96 Å². The highest BCUT2D eigenvalue weighted by Gasteiger charge is 2.27. The van der Waals surface area contributed by atoms with Gasteiger partial charge in [-0.05, 0) is 31.9 Å². The molecule has 8 heteroatoms. The van der Waals surface area contributed by atoms with Gasteiger partial charge in [0, 0.05) is 25.2 Å². The summed E-state index contributed by atoms with van der Waals surface area (Å²) in [7, 11) is 1.45. The van der Waals surface area contributed by atoms with E-state index in [1.54, 1.807) is 6.26 Å². The maximum atomic E-state index is 11.7. The Morgan fingerprint density at radius 2 is 2.04 bits per heavy atom. The summed E-state index contributed by atoms with van der Waals surface area (Å²) in [5.41, 5.74) is 1.73. The number of piperidine rings is 1. The summed E-state index contributed by atoms with van der Waals surface area (Å²) >= 11 is 0. The molecule has 0 amide bonds.